The van der Waals surface area contributed by atoms with E-state index in [2.05, 4.69) is 15.5 Å². The van der Waals surface area contributed by atoms with Gasteiger partial charge in [-0.3, -0.25) is 0 Å². The van der Waals surface area contributed by atoms with E-state index in [1.54, 1.807) is 13.0 Å². The maximum Gasteiger partial charge on any atom is 0.319 e. The van der Waals surface area contributed by atoms with Crippen LogP contribution in [0.25, 0.3) is 0 Å². The number of hydrogen-bond acceptors (Lipinski definition) is 4. The van der Waals surface area contributed by atoms with Gasteiger partial charge in [0, 0.05) is 38.4 Å². The predicted octanol–water partition coefficient (Wildman–Crippen LogP) is 3.12. The summed E-state index contributed by atoms with van der Waals surface area (Å²) in [6, 6.07) is 5.21. The number of sulfonamides is 1. The number of benzene rings is 1. The number of piperidine rings is 1. The number of hydrogen-bond donors (Lipinski definition) is 2. The molecule has 0 saturated carbocycles. The number of anilines is 2. The lowest BCUT2D eigenvalue weighted by Crippen LogP contribution is -2.34. The van der Waals surface area contributed by atoms with Crippen molar-refractivity contribution in [1.29, 1.82) is 0 Å². The molecule has 152 valence electrons. The van der Waals surface area contributed by atoms with Gasteiger partial charge in [-0.1, -0.05) is 18.5 Å². The SMILES string of the molecule is CCN(CCCNC(=O)Nc1ccc(N2CCCCC2)c(Cl)c1)S(C)(=O)=O. The number of carbonyl (C=O) groups excluding carboxylic acids is 1. The molecule has 0 radical (unpaired) electrons. The normalized spacial score (nSPS) is 15.0. The molecule has 2 amide bonds. The van der Waals surface area contributed by atoms with Crippen molar-refractivity contribution in [3.05, 3.63) is 23.2 Å². The fourth-order valence-electron chi connectivity index (χ4n) is 3.17. The Labute approximate surface area is 167 Å². The second-order valence-corrected chi connectivity index (χ2v) is 9.09. The second kappa shape index (κ2) is 10.1. The Morgan fingerprint density at radius 1 is 1.26 bits per heavy atom. The fourth-order valence-corrected chi connectivity index (χ4v) is 4.40. The molecule has 7 nitrogen and oxygen atoms in total. The molecule has 1 aliphatic heterocycles. The highest BCUT2D eigenvalue weighted by Gasteiger charge is 2.15. The summed E-state index contributed by atoms with van der Waals surface area (Å²) in [7, 11) is -3.20. The van der Waals surface area contributed by atoms with Gasteiger partial charge in [0.2, 0.25) is 10.0 Å². The van der Waals surface area contributed by atoms with E-state index >= 15 is 0 Å². The maximum absolute atomic E-state index is 12.0. The predicted molar refractivity (Wildman–Crippen MR) is 111 cm³/mol. The first-order valence-corrected chi connectivity index (χ1v) is 11.6. The average Bonchev–Trinajstić information content (AvgIpc) is 2.61. The van der Waals surface area contributed by atoms with Gasteiger partial charge in [0.15, 0.2) is 0 Å². The van der Waals surface area contributed by atoms with Crippen molar-refractivity contribution < 1.29 is 13.2 Å². The zero-order valence-electron chi connectivity index (χ0n) is 16.0. The highest BCUT2D eigenvalue weighted by Crippen LogP contribution is 2.30. The van der Waals surface area contributed by atoms with E-state index in [-0.39, 0.29) is 6.03 Å². The van der Waals surface area contributed by atoms with Crippen molar-refractivity contribution in [1.82, 2.24) is 9.62 Å². The Morgan fingerprint density at radius 3 is 2.56 bits per heavy atom. The van der Waals surface area contributed by atoms with Crippen LogP contribution in [0.3, 0.4) is 0 Å². The van der Waals surface area contributed by atoms with E-state index in [4.69, 9.17) is 11.6 Å². The molecular formula is C18H29ClN4O3S. The van der Waals surface area contributed by atoms with Crippen LogP contribution in [0.2, 0.25) is 5.02 Å². The highest BCUT2D eigenvalue weighted by molar-refractivity contribution is 7.88. The van der Waals surface area contributed by atoms with Crippen LogP contribution in [-0.4, -0.2) is 57.7 Å². The van der Waals surface area contributed by atoms with Gasteiger partial charge in [0.05, 0.1) is 17.0 Å². The van der Waals surface area contributed by atoms with E-state index in [9.17, 15) is 13.2 Å². The molecule has 0 unspecified atom stereocenters. The van der Waals surface area contributed by atoms with Crippen molar-refractivity contribution in [2.24, 2.45) is 0 Å². The van der Waals surface area contributed by atoms with Crippen molar-refractivity contribution in [2.75, 3.05) is 49.2 Å². The van der Waals surface area contributed by atoms with Gasteiger partial charge in [-0.05, 0) is 43.9 Å². The minimum atomic E-state index is -3.20. The van der Waals surface area contributed by atoms with Gasteiger partial charge in [0.25, 0.3) is 0 Å². The van der Waals surface area contributed by atoms with Crippen LogP contribution in [0.5, 0.6) is 0 Å². The molecule has 1 aromatic rings. The first-order chi connectivity index (χ1) is 12.8. The number of amides is 2. The lowest BCUT2D eigenvalue weighted by molar-refractivity contribution is 0.251. The average molecular weight is 417 g/mol. The number of nitrogens with zero attached hydrogens (tertiary/aromatic N) is 2. The van der Waals surface area contributed by atoms with E-state index in [0.29, 0.717) is 36.8 Å². The zero-order chi connectivity index (χ0) is 19.9. The minimum absolute atomic E-state index is 0.334. The first kappa shape index (κ1) is 21.8. The molecule has 1 aliphatic rings. The molecule has 1 heterocycles. The number of rotatable bonds is 8. The van der Waals surface area contributed by atoms with Gasteiger partial charge >= 0.3 is 6.03 Å². The fraction of sp³-hybridized carbons (Fsp3) is 0.611. The minimum Gasteiger partial charge on any atom is -0.370 e. The monoisotopic (exact) mass is 416 g/mol. The smallest absolute Gasteiger partial charge is 0.319 e. The Hall–Kier alpha value is -1.51. The number of halogens is 1. The molecular weight excluding hydrogens is 388 g/mol. The Kier molecular flexibility index (Phi) is 8.19. The molecule has 2 rings (SSSR count). The molecule has 0 atom stereocenters. The van der Waals surface area contributed by atoms with E-state index in [1.807, 2.05) is 12.1 Å². The molecule has 2 N–H and O–H groups in total. The number of urea groups is 1. The Bertz CT molecular complexity index is 736. The van der Waals surface area contributed by atoms with Crippen LogP contribution in [-0.2, 0) is 10.0 Å². The van der Waals surface area contributed by atoms with Crippen LogP contribution in [0.1, 0.15) is 32.6 Å². The molecule has 1 saturated heterocycles. The van der Waals surface area contributed by atoms with Crippen molar-refractivity contribution >= 4 is 39.0 Å². The Balaban J connectivity index is 1.79. The first-order valence-electron chi connectivity index (χ1n) is 9.35. The summed E-state index contributed by atoms with van der Waals surface area (Å²) in [4.78, 5) is 14.3. The lowest BCUT2D eigenvalue weighted by atomic mass is 10.1. The molecule has 9 heteroatoms. The summed E-state index contributed by atoms with van der Waals surface area (Å²) in [5, 5.41) is 6.12. The molecule has 0 aliphatic carbocycles. The zero-order valence-corrected chi connectivity index (χ0v) is 17.6. The third-order valence-electron chi connectivity index (χ3n) is 4.59. The van der Waals surface area contributed by atoms with Crippen LogP contribution in [0.4, 0.5) is 16.2 Å². The largest absolute Gasteiger partial charge is 0.370 e. The van der Waals surface area contributed by atoms with Crippen LogP contribution in [0.15, 0.2) is 18.2 Å². The molecule has 27 heavy (non-hydrogen) atoms. The summed E-state index contributed by atoms with van der Waals surface area (Å²) < 4.78 is 24.4. The summed E-state index contributed by atoms with van der Waals surface area (Å²) in [5.41, 5.74) is 1.63. The molecule has 0 aromatic heterocycles. The van der Waals surface area contributed by atoms with Gasteiger partial charge in [-0.25, -0.2) is 17.5 Å². The topological polar surface area (TPSA) is 81.8 Å². The third kappa shape index (κ3) is 6.86. The summed E-state index contributed by atoms with van der Waals surface area (Å²) in [5.74, 6) is 0. The van der Waals surface area contributed by atoms with Gasteiger partial charge in [-0.15, -0.1) is 0 Å². The van der Waals surface area contributed by atoms with Crippen LogP contribution >= 0.6 is 11.6 Å². The summed E-state index contributed by atoms with van der Waals surface area (Å²) >= 11 is 6.39. The van der Waals surface area contributed by atoms with E-state index in [0.717, 1.165) is 18.8 Å². The quantitative estimate of drug-likeness (QED) is 0.638. The number of carbonyl (C=O) groups is 1. The van der Waals surface area contributed by atoms with Gasteiger partial charge < -0.3 is 15.5 Å². The molecule has 1 aromatic carbocycles. The van der Waals surface area contributed by atoms with E-state index in [1.165, 1.54) is 29.8 Å². The van der Waals surface area contributed by atoms with E-state index < -0.39 is 10.0 Å². The van der Waals surface area contributed by atoms with Crippen molar-refractivity contribution in [3.63, 3.8) is 0 Å². The highest BCUT2D eigenvalue weighted by atomic mass is 35.5. The summed E-state index contributed by atoms with van der Waals surface area (Å²) in [6.07, 6.45) is 5.34. The van der Waals surface area contributed by atoms with Crippen LogP contribution in [0, 0.1) is 0 Å². The molecule has 0 spiro atoms. The van der Waals surface area contributed by atoms with Gasteiger partial charge in [0.1, 0.15) is 0 Å². The van der Waals surface area contributed by atoms with Crippen molar-refractivity contribution in [3.8, 4) is 0 Å². The maximum atomic E-state index is 12.0. The lowest BCUT2D eigenvalue weighted by Gasteiger charge is -2.29. The van der Waals surface area contributed by atoms with Gasteiger partial charge in [-0.2, -0.15) is 0 Å². The second-order valence-electron chi connectivity index (χ2n) is 6.70. The standard InChI is InChI=1S/C18H29ClN4O3S/c1-3-23(27(2,25)26)13-7-10-20-18(24)21-15-8-9-17(16(19)14-15)22-11-5-4-6-12-22/h8-9,14H,3-7,10-13H2,1-2H3,(H2,20,21,24). The van der Waals surface area contributed by atoms with Crippen molar-refractivity contribution in [2.45, 2.75) is 32.6 Å². The number of nitrogens with one attached hydrogen (secondary N) is 2. The molecule has 0 bridgehead atoms. The summed E-state index contributed by atoms with van der Waals surface area (Å²) in [6.45, 7) is 5.00. The van der Waals surface area contributed by atoms with Crippen LogP contribution < -0.4 is 15.5 Å². The Morgan fingerprint density at radius 2 is 1.96 bits per heavy atom. The third-order valence-corrected chi connectivity index (χ3v) is 6.28. The molecule has 1 fully saturated rings.